The molecule has 2 aromatic carbocycles. The third-order valence-electron chi connectivity index (χ3n) is 3.13. The SMILES string of the molecule is C[C@@H](OC(=O)c1cccc([N+](=O)[O-])c1)C(=O)Nc1cc(Cl)ccc1Cl. The second-order valence-electron chi connectivity index (χ2n) is 4.97. The summed E-state index contributed by atoms with van der Waals surface area (Å²) in [7, 11) is 0. The van der Waals surface area contributed by atoms with Crippen molar-refractivity contribution in [1.29, 1.82) is 0 Å². The standard InChI is InChI=1S/C16H12Cl2N2O5/c1-9(15(21)19-14-8-11(17)5-6-13(14)18)25-16(22)10-3-2-4-12(7-10)20(23)24/h2-9H,1H3,(H,19,21)/t9-/m1/s1. The van der Waals surface area contributed by atoms with Crippen molar-refractivity contribution in [2.75, 3.05) is 5.32 Å². The molecule has 7 nitrogen and oxygen atoms in total. The number of carbonyl (C=O) groups excluding carboxylic acids is 2. The molecule has 0 radical (unpaired) electrons. The van der Waals surface area contributed by atoms with E-state index in [1.807, 2.05) is 0 Å². The number of hydrogen-bond acceptors (Lipinski definition) is 5. The number of halogens is 2. The van der Waals surface area contributed by atoms with Crippen molar-refractivity contribution in [3.05, 3.63) is 68.2 Å². The smallest absolute Gasteiger partial charge is 0.339 e. The number of benzene rings is 2. The highest BCUT2D eigenvalue weighted by Gasteiger charge is 2.21. The molecule has 9 heteroatoms. The highest BCUT2D eigenvalue weighted by Crippen LogP contribution is 2.25. The van der Waals surface area contributed by atoms with E-state index in [1.54, 1.807) is 6.07 Å². The lowest BCUT2D eigenvalue weighted by molar-refractivity contribution is -0.384. The predicted molar refractivity (Wildman–Crippen MR) is 93.1 cm³/mol. The van der Waals surface area contributed by atoms with Crippen molar-refractivity contribution in [3.63, 3.8) is 0 Å². The van der Waals surface area contributed by atoms with E-state index in [9.17, 15) is 19.7 Å². The van der Waals surface area contributed by atoms with E-state index in [0.717, 1.165) is 6.07 Å². The Kier molecular flexibility index (Phi) is 5.95. The molecule has 0 aliphatic heterocycles. The summed E-state index contributed by atoms with van der Waals surface area (Å²) in [4.78, 5) is 34.3. The zero-order valence-electron chi connectivity index (χ0n) is 12.9. The van der Waals surface area contributed by atoms with Gasteiger partial charge in [-0.25, -0.2) is 4.79 Å². The van der Waals surface area contributed by atoms with Gasteiger partial charge in [0, 0.05) is 17.2 Å². The topological polar surface area (TPSA) is 98.5 Å². The molecule has 0 bridgehead atoms. The summed E-state index contributed by atoms with van der Waals surface area (Å²) >= 11 is 11.8. The van der Waals surface area contributed by atoms with Gasteiger partial charge >= 0.3 is 5.97 Å². The zero-order valence-corrected chi connectivity index (χ0v) is 14.4. The summed E-state index contributed by atoms with van der Waals surface area (Å²) in [5.41, 5.74) is -0.00989. The predicted octanol–water partition coefficient (Wildman–Crippen LogP) is 4.09. The van der Waals surface area contributed by atoms with Crippen LogP contribution in [0.15, 0.2) is 42.5 Å². The number of nitrogens with one attached hydrogen (secondary N) is 1. The number of carbonyl (C=O) groups is 2. The lowest BCUT2D eigenvalue weighted by Gasteiger charge is -2.14. The highest BCUT2D eigenvalue weighted by molar-refractivity contribution is 6.35. The van der Waals surface area contributed by atoms with Crippen molar-refractivity contribution < 1.29 is 19.2 Å². The molecule has 1 N–H and O–H groups in total. The van der Waals surface area contributed by atoms with Gasteiger partial charge in [0.15, 0.2) is 6.10 Å². The molecule has 130 valence electrons. The first-order valence-corrected chi connectivity index (χ1v) is 7.75. The van der Waals surface area contributed by atoms with Crippen molar-refractivity contribution >= 4 is 46.5 Å². The Morgan fingerprint density at radius 3 is 2.60 bits per heavy atom. The second-order valence-corrected chi connectivity index (χ2v) is 5.81. The Morgan fingerprint density at radius 2 is 1.92 bits per heavy atom. The van der Waals surface area contributed by atoms with E-state index in [-0.39, 0.29) is 22.0 Å². The molecule has 2 aromatic rings. The van der Waals surface area contributed by atoms with E-state index < -0.39 is 22.9 Å². The van der Waals surface area contributed by atoms with E-state index >= 15 is 0 Å². The van der Waals surface area contributed by atoms with Gasteiger partial charge in [-0.1, -0.05) is 29.3 Å². The van der Waals surface area contributed by atoms with E-state index in [1.165, 1.54) is 37.3 Å². The minimum absolute atomic E-state index is 0.0327. The molecule has 0 heterocycles. The highest BCUT2D eigenvalue weighted by atomic mass is 35.5. The summed E-state index contributed by atoms with van der Waals surface area (Å²) < 4.78 is 5.03. The van der Waals surface area contributed by atoms with Crippen LogP contribution >= 0.6 is 23.2 Å². The number of non-ortho nitro benzene ring substituents is 1. The van der Waals surface area contributed by atoms with Crippen LogP contribution in [-0.2, 0) is 9.53 Å². The van der Waals surface area contributed by atoms with Crippen LogP contribution in [0.1, 0.15) is 17.3 Å². The van der Waals surface area contributed by atoms with Gasteiger partial charge in [0.25, 0.3) is 11.6 Å². The van der Waals surface area contributed by atoms with Crippen LogP contribution in [0.4, 0.5) is 11.4 Å². The number of ether oxygens (including phenoxy) is 1. The quantitative estimate of drug-likeness (QED) is 0.477. The van der Waals surface area contributed by atoms with Gasteiger partial charge in [-0.05, 0) is 31.2 Å². The molecule has 0 unspecified atom stereocenters. The van der Waals surface area contributed by atoms with Crippen LogP contribution in [0.2, 0.25) is 10.0 Å². The number of nitro groups is 1. The number of esters is 1. The lowest BCUT2D eigenvalue weighted by atomic mass is 10.2. The van der Waals surface area contributed by atoms with E-state index in [2.05, 4.69) is 5.32 Å². The first-order valence-electron chi connectivity index (χ1n) is 6.99. The Morgan fingerprint density at radius 1 is 1.20 bits per heavy atom. The number of anilines is 1. The monoisotopic (exact) mass is 382 g/mol. The lowest BCUT2D eigenvalue weighted by Crippen LogP contribution is -2.30. The number of nitrogens with zero attached hydrogens (tertiary/aromatic N) is 1. The summed E-state index contributed by atoms with van der Waals surface area (Å²) in [5, 5.41) is 13.9. The average Bonchev–Trinajstić information content (AvgIpc) is 2.58. The van der Waals surface area contributed by atoms with Crippen molar-refractivity contribution in [1.82, 2.24) is 0 Å². The van der Waals surface area contributed by atoms with Crippen LogP contribution in [0.5, 0.6) is 0 Å². The van der Waals surface area contributed by atoms with Gasteiger partial charge in [-0.3, -0.25) is 14.9 Å². The van der Waals surface area contributed by atoms with Crippen molar-refractivity contribution in [2.45, 2.75) is 13.0 Å². The summed E-state index contributed by atoms with van der Waals surface area (Å²) in [6.07, 6.45) is -1.15. The third-order valence-corrected chi connectivity index (χ3v) is 3.70. The average molecular weight is 383 g/mol. The van der Waals surface area contributed by atoms with Gasteiger partial charge in [-0.2, -0.15) is 0 Å². The minimum Gasteiger partial charge on any atom is -0.449 e. The molecule has 2 rings (SSSR count). The molecule has 0 saturated heterocycles. The molecular weight excluding hydrogens is 371 g/mol. The Labute approximate surface area is 152 Å². The molecule has 1 amide bonds. The largest absolute Gasteiger partial charge is 0.449 e. The fourth-order valence-electron chi connectivity index (χ4n) is 1.86. The first kappa shape index (κ1) is 18.7. The van der Waals surface area contributed by atoms with Gasteiger partial charge in [0.05, 0.1) is 21.2 Å². The Bertz CT molecular complexity index is 841. The van der Waals surface area contributed by atoms with Crippen molar-refractivity contribution in [3.8, 4) is 0 Å². The molecule has 0 aliphatic carbocycles. The normalized spacial score (nSPS) is 11.5. The molecule has 0 aromatic heterocycles. The van der Waals surface area contributed by atoms with Crippen LogP contribution in [0.3, 0.4) is 0 Å². The third kappa shape index (κ3) is 4.91. The van der Waals surface area contributed by atoms with E-state index in [4.69, 9.17) is 27.9 Å². The fraction of sp³-hybridized carbons (Fsp3) is 0.125. The second kappa shape index (κ2) is 7.96. The van der Waals surface area contributed by atoms with Gasteiger partial charge in [-0.15, -0.1) is 0 Å². The molecule has 0 fully saturated rings. The molecule has 25 heavy (non-hydrogen) atoms. The fourth-order valence-corrected chi connectivity index (χ4v) is 2.19. The number of hydrogen-bond donors (Lipinski definition) is 1. The minimum atomic E-state index is -1.15. The maximum atomic E-state index is 12.1. The Balaban J connectivity index is 2.05. The number of rotatable bonds is 5. The first-order chi connectivity index (χ1) is 11.8. The van der Waals surface area contributed by atoms with Crippen molar-refractivity contribution in [2.24, 2.45) is 0 Å². The molecule has 0 aliphatic rings. The molecule has 0 saturated carbocycles. The van der Waals surface area contributed by atoms with Gasteiger partial charge in [0.1, 0.15) is 0 Å². The summed E-state index contributed by atoms with van der Waals surface area (Å²) in [6, 6.07) is 9.55. The maximum absolute atomic E-state index is 12.1. The zero-order chi connectivity index (χ0) is 18.6. The number of amides is 1. The maximum Gasteiger partial charge on any atom is 0.339 e. The number of nitro benzene ring substituents is 1. The van der Waals surface area contributed by atoms with E-state index in [0.29, 0.717) is 5.02 Å². The van der Waals surface area contributed by atoms with Crippen LogP contribution < -0.4 is 5.32 Å². The van der Waals surface area contributed by atoms with Crippen LogP contribution in [-0.4, -0.2) is 22.9 Å². The van der Waals surface area contributed by atoms with Crippen LogP contribution in [0, 0.1) is 10.1 Å². The molecule has 0 spiro atoms. The summed E-state index contributed by atoms with van der Waals surface area (Å²) in [5.74, 6) is -1.48. The molecule has 1 atom stereocenters. The Hall–Kier alpha value is -2.64. The van der Waals surface area contributed by atoms with Crippen LogP contribution in [0.25, 0.3) is 0 Å². The van der Waals surface area contributed by atoms with Gasteiger partial charge in [0.2, 0.25) is 0 Å². The van der Waals surface area contributed by atoms with Gasteiger partial charge < -0.3 is 10.1 Å². The molecular formula is C16H12Cl2N2O5. The summed E-state index contributed by atoms with van der Waals surface area (Å²) in [6.45, 7) is 1.36.